The second-order valence-electron chi connectivity index (χ2n) is 7.84. The molecule has 31 heavy (non-hydrogen) atoms. The van der Waals surface area contributed by atoms with Crippen LogP contribution in [-0.4, -0.2) is 44.3 Å². The first-order valence-corrected chi connectivity index (χ1v) is 11.4. The minimum atomic E-state index is 0.274. The first-order valence-electron chi connectivity index (χ1n) is 10.6. The summed E-state index contributed by atoms with van der Waals surface area (Å²) in [5, 5.41) is 4.69. The Bertz CT molecular complexity index is 987. The highest BCUT2D eigenvalue weighted by Crippen LogP contribution is 2.33. The Morgan fingerprint density at radius 2 is 2.16 bits per heavy atom. The molecule has 8 nitrogen and oxygen atoms in total. The standard InChI is InChI=1S/C22H26N6O2S/c1-2-4-17(5-3-1)13-24-18(12-20-14-29-16-30-20)8-10-28(19-6-7-19)22-25-21(26-31-22)27-11-9-23-15-27/h1-5,9,11,14-15,18-19,24H,6-8,10,12-13,16H2. The summed E-state index contributed by atoms with van der Waals surface area (Å²) in [5.74, 6) is 1.59. The van der Waals surface area contributed by atoms with Crippen LogP contribution in [0.4, 0.5) is 5.13 Å². The van der Waals surface area contributed by atoms with E-state index in [1.165, 1.54) is 29.9 Å². The number of imidazole rings is 1. The molecule has 3 aromatic rings. The lowest BCUT2D eigenvalue weighted by Gasteiger charge is -2.25. The van der Waals surface area contributed by atoms with Gasteiger partial charge in [-0.1, -0.05) is 30.3 Å². The third-order valence-electron chi connectivity index (χ3n) is 5.50. The van der Waals surface area contributed by atoms with Crippen molar-refractivity contribution < 1.29 is 9.47 Å². The highest BCUT2D eigenvalue weighted by molar-refractivity contribution is 7.09. The zero-order chi connectivity index (χ0) is 20.9. The molecule has 1 aromatic carbocycles. The van der Waals surface area contributed by atoms with Crippen LogP contribution in [0.3, 0.4) is 0 Å². The van der Waals surface area contributed by atoms with Crippen molar-refractivity contribution >= 4 is 16.7 Å². The van der Waals surface area contributed by atoms with Crippen molar-refractivity contribution in [3.05, 3.63) is 66.6 Å². The first kappa shape index (κ1) is 20.0. The van der Waals surface area contributed by atoms with Gasteiger partial charge in [0, 0.05) is 55.5 Å². The summed E-state index contributed by atoms with van der Waals surface area (Å²) in [4.78, 5) is 11.3. The van der Waals surface area contributed by atoms with E-state index in [2.05, 4.69) is 43.8 Å². The van der Waals surface area contributed by atoms with E-state index in [1.807, 2.05) is 16.8 Å². The van der Waals surface area contributed by atoms with Crippen LogP contribution < -0.4 is 10.2 Å². The van der Waals surface area contributed by atoms with Gasteiger partial charge in [-0.3, -0.25) is 4.57 Å². The Morgan fingerprint density at radius 1 is 1.26 bits per heavy atom. The number of ether oxygens (including phenoxy) is 2. The first-order chi connectivity index (χ1) is 15.3. The lowest BCUT2D eigenvalue weighted by Crippen LogP contribution is -2.35. The topological polar surface area (TPSA) is 77.3 Å². The third kappa shape index (κ3) is 5.23. The molecule has 1 N–H and O–H groups in total. The normalized spacial score (nSPS) is 16.5. The molecule has 9 heteroatoms. The lowest BCUT2D eigenvalue weighted by molar-refractivity contribution is 0.0762. The highest BCUT2D eigenvalue weighted by atomic mass is 32.1. The van der Waals surface area contributed by atoms with E-state index >= 15 is 0 Å². The lowest BCUT2D eigenvalue weighted by atomic mass is 10.1. The quantitative estimate of drug-likeness (QED) is 0.491. The zero-order valence-electron chi connectivity index (χ0n) is 17.3. The van der Waals surface area contributed by atoms with Crippen molar-refractivity contribution in [2.75, 3.05) is 18.2 Å². The van der Waals surface area contributed by atoms with E-state index in [0.29, 0.717) is 18.8 Å². The Morgan fingerprint density at radius 3 is 2.90 bits per heavy atom. The number of anilines is 1. The van der Waals surface area contributed by atoms with E-state index in [-0.39, 0.29) is 6.04 Å². The summed E-state index contributed by atoms with van der Waals surface area (Å²) < 4.78 is 17.2. The van der Waals surface area contributed by atoms with Crippen LogP contribution in [0.15, 0.2) is 61.1 Å². The number of benzene rings is 1. The molecule has 1 fully saturated rings. The van der Waals surface area contributed by atoms with Gasteiger partial charge < -0.3 is 19.7 Å². The minimum absolute atomic E-state index is 0.274. The molecule has 1 saturated carbocycles. The van der Waals surface area contributed by atoms with Crippen LogP contribution in [-0.2, 0) is 16.0 Å². The molecular weight excluding hydrogens is 412 g/mol. The maximum Gasteiger partial charge on any atom is 0.248 e. The molecule has 2 aliphatic rings. The Balaban J connectivity index is 1.24. The van der Waals surface area contributed by atoms with Crippen LogP contribution in [0.2, 0.25) is 0 Å². The van der Waals surface area contributed by atoms with Crippen LogP contribution in [0.5, 0.6) is 0 Å². The molecule has 0 saturated heterocycles. The fourth-order valence-electron chi connectivity index (χ4n) is 3.68. The van der Waals surface area contributed by atoms with Gasteiger partial charge in [-0.2, -0.15) is 9.36 Å². The Labute approximate surface area is 185 Å². The van der Waals surface area contributed by atoms with Gasteiger partial charge in [0.25, 0.3) is 0 Å². The van der Waals surface area contributed by atoms with Crippen molar-refractivity contribution in [2.45, 2.75) is 44.3 Å². The Hall–Kier alpha value is -2.91. The average Bonchev–Trinajstić information content (AvgIpc) is 3.22. The van der Waals surface area contributed by atoms with E-state index in [1.54, 1.807) is 18.8 Å². The molecule has 1 aliphatic heterocycles. The third-order valence-corrected chi connectivity index (χ3v) is 6.25. The predicted octanol–water partition coefficient (Wildman–Crippen LogP) is 3.48. The van der Waals surface area contributed by atoms with Gasteiger partial charge in [0.2, 0.25) is 17.9 Å². The molecule has 1 atom stereocenters. The van der Waals surface area contributed by atoms with E-state index < -0.39 is 0 Å². The number of nitrogens with zero attached hydrogens (tertiary/aromatic N) is 5. The molecule has 0 spiro atoms. The molecule has 0 bridgehead atoms. The molecule has 0 amide bonds. The monoisotopic (exact) mass is 438 g/mol. The largest absolute Gasteiger partial charge is 0.462 e. The van der Waals surface area contributed by atoms with E-state index in [0.717, 1.165) is 36.8 Å². The molecule has 1 unspecified atom stereocenters. The summed E-state index contributed by atoms with van der Waals surface area (Å²) in [6, 6.07) is 11.3. The van der Waals surface area contributed by atoms with Crippen LogP contribution >= 0.6 is 11.5 Å². The molecule has 162 valence electrons. The van der Waals surface area contributed by atoms with E-state index in [9.17, 15) is 0 Å². The SMILES string of the molecule is C1=C(CC(CCN(c2nc(-n3ccnc3)ns2)C2CC2)NCc2ccccc2)OCO1. The summed E-state index contributed by atoms with van der Waals surface area (Å²) >= 11 is 1.46. The second-order valence-corrected chi connectivity index (χ2v) is 8.57. The summed E-state index contributed by atoms with van der Waals surface area (Å²) in [6.45, 7) is 2.06. The zero-order valence-corrected chi connectivity index (χ0v) is 18.1. The smallest absolute Gasteiger partial charge is 0.248 e. The molecule has 2 aromatic heterocycles. The fraction of sp³-hybridized carbons (Fsp3) is 0.409. The maximum absolute atomic E-state index is 5.59. The summed E-state index contributed by atoms with van der Waals surface area (Å²) in [7, 11) is 0. The molecule has 3 heterocycles. The Kier molecular flexibility index (Phi) is 6.13. The number of hydrogen-bond donors (Lipinski definition) is 1. The molecule has 5 rings (SSSR count). The molecule has 0 radical (unpaired) electrons. The number of rotatable bonds is 11. The number of aromatic nitrogens is 4. The van der Waals surface area contributed by atoms with Crippen LogP contribution in [0.25, 0.3) is 5.95 Å². The fourth-order valence-corrected chi connectivity index (χ4v) is 4.44. The van der Waals surface area contributed by atoms with Gasteiger partial charge in [0.1, 0.15) is 18.3 Å². The number of hydrogen-bond acceptors (Lipinski definition) is 8. The van der Waals surface area contributed by atoms with Crippen molar-refractivity contribution in [1.82, 2.24) is 24.2 Å². The average molecular weight is 439 g/mol. The summed E-state index contributed by atoms with van der Waals surface area (Å²) in [6.07, 6.45) is 11.3. The van der Waals surface area contributed by atoms with Crippen molar-refractivity contribution in [3.63, 3.8) is 0 Å². The summed E-state index contributed by atoms with van der Waals surface area (Å²) in [5.41, 5.74) is 1.28. The van der Waals surface area contributed by atoms with Crippen LogP contribution in [0.1, 0.15) is 31.2 Å². The van der Waals surface area contributed by atoms with Gasteiger partial charge in [-0.05, 0) is 24.8 Å². The molecular formula is C22H26N6O2S. The minimum Gasteiger partial charge on any atom is -0.462 e. The predicted molar refractivity (Wildman–Crippen MR) is 119 cm³/mol. The second kappa shape index (κ2) is 9.49. The number of nitrogens with one attached hydrogen (secondary N) is 1. The van der Waals surface area contributed by atoms with Gasteiger partial charge >= 0.3 is 0 Å². The van der Waals surface area contributed by atoms with Gasteiger partial charge in [-0.25, -0.2) is 4.98 Å². The highest BCUT2D eigenvalue weighted by Gasteiger charge is 2.32. The van der Waals surface area contributed by atoms with Crippen LogP contribution in [0, 0.1) is 0 Å². The van der Waals surface area contributed by atoms with Gasteiger partial charge in [0.15, 0.2) is 0 Å². The molecule has 1 aliphatic carbocycles. The van der Waals surface area contributed by atoms with Crippen molar-refractivity contribution in [2.24, 2.45) is 0 Å². The van der Waals surface area contributed by atoms with Crippen molar-refractivity contribution in [1.29, 1.82) is 0 Å². The van der Waals surface area contributed by atoms with Crippen molar-refractivity contribution in [3.8, 4) is 5.95 Å². The van der Waals surface area contributed by atoms with Gasteiger partial charge in [0.05, 0.1) is 0 Å². The van der Waals surface area contributed by atoms with E-state index in [4.69, 9.17) is 14.5 Å². The maximum atomic E-state index is 5.59. The van der Waals surface area contributed by atoms with Gasteiger partial charge in [-0.15, -0.1) is 0 Å².